The van der Waals surface area contributed by atoms with Crippen molar-refractivity contribution < 1.29 is 0 Å². The molecule has 0 aromatic carbocycles. The predicted molar refractivity (Wildman–Crippen MR) is 125 cm³/mol. The minimum atomic E-state index is 0. The Morgan fingerprint density at radius 1 is 1.33 bits per heavy atom. The number of aromatic nitrogens is 2. The van der Waals surface area contributed by atoms with Crippen molar-refractivity contribution in [1.29, 1.82) is 0 Å². The molecule has 2 rings (SSSR count). The highest BCUT2D eigenvalue weighted by molar-refractivity contribution is 14.0. The molecule has 0 amide bonds. The van der Waals surface area contributed by atoms with Crippen molar-refractivity contribution in [2.24, 2.45) is 12.0 Å². The van der Waals surface area contributed by atoms with E-state index < -0.39 is 0 Å². The first-order chi connectivity index (χ1) is 12.4. The van der Waals surface area contributed by atoms with Crippen molar-refractivity contribution >= 4 is 29.9 Å². The number of likely N-dealkylation sites (tertiary alicyclic amines) is 1. The summed E-state index contributed by atoms with van der Waals surface area (Å²) in [6, 6.07) is 1.05. The van der Waals surface area contributed by atoms with Crippen LogP contribution in [0.5, 0.6) is 0 Å². The molecule has 2 atom stereocenters. The first kappa shape index (κ1) is 24.2. The number of halogens is 1. The van der Waals surface area contributed by atoms with Crippen LogP contribution in [-0.2, 0) is 13.5 Å². The van der Waals surface area contributed by atoms with Crippen LogP contribution < -0.4 is 10.6 Å². The third-order valence-corrected chi connectivity index (χ3v) is 5.63. The zero-order chi connectivity index (χ0) is 19.1. The summed E-state index contributed by atoms with van der Waals surface area (Å²) in [6.45, 7) is 12.2. The molecule has 0 bridgehead atoms. The van der Waals surface area contributed by atoms with E-state index >= 15 is 0 Å². The maximum Gasteiger partial charge on any atom is 0.191 e. The molecule has 7 heteroatoms. The molecule has 1 aliphatic heterocycles. The lowest BCUT2D eigenvalue weighted by Gasteiger charge is -2.33. The molecular weight excluding hydrogens is 451 g/mol. The molecule has 6 nitrogen and oxygen atoms in total. The summed E-state index contributed by atoms with van der Waals surface area (Å²) < 4.78 is 1.96. The van der Waals surface area contributed by atoms with Crippen molar-refractivity contribution in [2.45, 2.75) is 71.9 Å². The third-order valence-electron chi connectivity index (χ3n) is 5.63. The van der Waals surface area contributed by atoms with E-state index in [-0.39, 0.29) is 24.0 Å². The van der Waals surface area contributed by atoms with Gasteiger partial charge in [0.2, 0.25) is 0 Å². The Labute approximate surface area is 182 Å². The first-order valence-corrected chi connectivity index (χ1v) is 10.1. The lowest BCUT2D eigenvalue weighted by Crippen LogP contribution is -2.44. The number of guanidine groups is 1. The molecule has 0 radical (unpaired) electrons. The largest absolute Gasteiger partial charge is 0.356 e. The van der Waals surface area contributed by atoms with Crippen molar-refractivity contribution in [1.82, 2.24) is 25.3 Å². The van der Waals surface area contributed by atoms with E-state index in [0.717, 1.165) is 37.1 Å². The monoisotopic (exact) mass is 490 g/mol. The maximum atomic E-state index is 4.51. The van der Waals surface area contributed by atoms with E-state index in [1.54, 1.807) is 0 Å². The molecule has 156 valence electrons. The van der Waals surface area contributed by atoms with Gasteiger partial charge in [-0.15, -0.1) is 24.0 Å². The Balaban J connectivity index is 0.00000364. The molecule has 1 fully saturated rings. The highest BCUT2D eigenvalue weighted by Crippen LogP contribution is 2.16. The van der Waals surface area contributed by atoms with Crippen molar-refractivity contribution in [3.63, 3.8) is 0 Å². The Kier molecular flexibility index (Phi) is 10.7. The molecule has 1 aliphatic rings. The number of hydrogen-bond donors (Lipinski definition) is 2. The smallest absolute Gasteiger partial charge is 0.191 e. The zero-order valence-corrected chi connectivity index (χ0v) is 20.3. The average Bonchev–Trinajstić information content (AvgIpc) is 2.85. The second-order valence-electron chi connectivity index (χ2n) is 7.76. The molecule has 0 aliphatic carbocycles. The van der Waals surface area contributed by atoms with Gasteiger partial charge >= 0.3 is 0 Å². The summed E-state index contributed by atoms with van der Waals surface area (Å²) in [5, 5.41) is 11.5. The second kappa shape index (κ2) is 11.9. The summed E-state index contributed by atoms with van der Waals surface area (Å²) in [6.07, 6.45) is 6.20. The Morgan fingerprint density at radius 3 is 2.67 bits per heavy atom. The summed E-state index contributed by atoms with van der Waals surface area (Å²) in [5.74, 6) is 0.892. The average molecular weight is 490 g/mol. The summed E-state index contributed by atoms with van der Waals surface area (Å²) in [5.41, 5.74) is 3.70. The van der Waals surface area contributed by atoms with Crippen LogP contribution in [0.1, 0.15) is 56.5 Å². The van der Waals surface area contributed by atoms with Crippen LogP contribution in [0, 0.1) is 13.8 Å². The lowest BCUT2D eigenvalue weighted by atomic mass is 10.0. The summed E-state index contributed by atoms with van der Waals surface area (Å²) in [7, 11) is 3.85. The molecule has 1 aromatic rings. The molecule has 2 N–H and O–H groups in total. The van der Waals surface area contributed by atoms with Gasteiger partial charge in [0, 0.05) is 45.0 Å². The number of hydrogen-bond acceptors (Lipinski definition) is 3. The normalized spacial score (nSPS) is 19.5. The van der Waals surface area contributed by atoms with Gasteiger partial charge in [-0.05, 0) is 65.5 Å². The van der Waals surface area contributed by atoms with Crippen molar-refractivity contribution in [3.05, 3.63) is 17.0 Å². The van der Waals surface area contributed by atoms with Gasteiger partial charge < -0.3 is 15.5 Å². The van der Waals surface area contributed by atoms with Crippen LogP contribution in [0.3, 0.4) is 0 Å². The minimum Gasteiger partial charge on any atom is -0.356 e. The van der Waals surface area contributed by atoms with Crippen LogP contribution in [0.15, 0.2) is 4.99 Å². The SMILES string of the molecule is CN=C(NCCCN1CCCCC1C)NC(C)Cc1c(C)nn(C)c1C.I. The van der Waals surface area contributed by atoms with E-state index in [0.29, 0.717) is 6.04 Å². The van der Waals surface area contributed by atoms with E-state index in [1.807, 2.05) is 18.8 Å². The zero-order valence-electron chi connectivity index (χ0n) is 18.0. The van der Waals surface area contributed by atoms with Gasteiger partial charge in [-0.25, -0.2) is 0 Å². The van der Waals surface area contributed by atoms with Gasteiger partial charge in [-0.2, -0.15) is 5.10 Å². The Bertz CT molecular complexity index is 598. The molecular formula is C20H39IN6. The summed E-state index contributed by atoms with van der Waals surface area (Å²) in [4.78, 5) is 7.00. The van der Waals surface area contributed by atoms with Crippen LogP contribution >= 0.6 is 24.0 Å². The fourth-order valence-corrected chi connectivity index (χ4v) is 3.88. The molecule has 0 spiro atoms. The van der Waals surface area contributed by atoms with Gasteiger partial charge in [-0.1, -0.05) is 6.42 Å². The summed E-state index contributed by atoms with van der Waals surface area (Å²) >= 11 is 0. The van der Waals surface area contributed by atoms with Gasteiger partial charge in [0.1, 0.15) is 0 Å². The Hall–Kier alpha value is -0.830. The number of piperidine rings is 1. The third kappa shape index (κ3) is 7.25. The van der Waals surface area contributed by atoms with Gasteiger partial charge in [-0.3, -0.25) is 9.67 Å². The number of nitrogens with zero attached hydrogens (tertiary/aromatic N) is 4. The van der Waals surface area contributed by atoms with Crippen molar-refractivity contribution in [3.8, 4) is 0 Å². The van der Waals surface area contributed by atoms with Gasteiger partial charge in [0.15, 0.2) is 5.96 Å². The fraction of sp³-hybridized carbons (Fsp3) is 0.800. The van der Waals surface area contributed by atoms with Crippen LogP contribution in [0.25, 0.3) is 0 Å². The van der Waals surface area contributed by atoms with E-state index in [9.17, 15) is 0 Å². The number of aryl methyl sites for hydroxylation is 2. The molecule has 27 heavy (non-hydrogen) atoms. The topological polar surface area (TPSA) is 57.5 Å². The highest BCUT2D eigenvalue weighted by Gasteiger charge is 2.17. The molecule has 1 aromatic heterocycles. The van der Waals surface area contributed by atoms with E-state index in [4.69, 9.17) is 0 Å². The minimum absolute atomic E-state index is 0. The van der Waals surface area contributed by atoms with Crippen LogP contribution in [-0.4, -0.2) is 59.4 Å². The number of rotatable bonds is 7. The van der Waals surface area contributed by atoms with Crippen LogP contribution in [0.4, 0.5) is 0 Å². The quantitative estimate of drug-likeness (QED) is 0.267. The second-order valence-corrected chi connectivity index (χ2v) is 7.76. The van der Waals surface area contributed by atoms with Crippen LogP contribution in [0.2, 0.25) is 0 Å². The molecule has 2 heterocycles. The van der Waals surface area contributed by atoms with Crippen molar-refractivity contribution in [2.75, 3.05) is 26.7 Å². The fourth-order valence-electron chi connectivity index (χ4n) is 3.88. The van der Waals surface area contributed by atoms with Gasteiger partial charge in [0.25, 0.3) is 0 Å². The highest BCUT2D eigenvalue weighted by atomic mass is 127. The number of nitrogens with one attached hydrogen (secondary N) is 2. The first-order valence-electron chi connectivity index (χ1n) is 10.1. The van der Waals surface area contributed by atoms with E-state index in [2.05, 4.69) is 53.3 Å². The van der Waals surface area contributed by atoms with Gasteiger partial charge in [0.05, 0.1) is 5.69 Å². The molecule has 2 unspecified atom stereocenters. The standard InChI is InChI=1S/C20H38N6.HI/c1-15(14-19-17(3)24-25(6)18(19)4)23-20(21-5)22-11-9-13-26-12-8-7-10-16(26)2;/h15-16H,7-14H2,1-6H3,(H2,21,22,23);1H. The maximum absolute atomic E-state index is 4.51. The lowest BCUT2D eigenvalue weighted by molar-refractivity contribution is 0.159. The van der Waals surface area contributed by atoms with E-state index in [1.165, 1.54) is 43.6 Å². The molecule has 0 saturated carbocycles. The predicted octanol–water partition coefficient (Wildman–Crippen LogP) is 3.02. The number of aliphatic imine (C=N–C) groups is 1. The molecule has 1 saturated heterocycles. The Morgan fingerprint density at radius 2 is 2.07 bits per heavy atom.